The number of aliphatic carboxylic acids is 1. The molecule has 7 heavy (non-hydrogen) atoms. The Kier molecular flexibility index (Phi) is 2.95. The zero-order valence-corrected chi connectivity index (χ0v) is 5.05. The third kappa shape index (κ3) is 2.59. The fraction of sp³-hybridized carbons (Fsp3) is 0.667. The van der Waals surface area contributed by atoms with Gasteiger partial charge in [-0.3, -0.25) is 0 Å². The summed E-state index contributed by atoms with van der Waals surface area (Å²) in [4.78, 5) is 9.65. The van der Waals surface area contributed by atoms with E-state index in [0.717, 1.165) is 0 Å². The highest BCUT2D eigenvalue weighted by Gasteiger charge is 2.08. The summed E-state index contributed by atoms with van der Waals surface area (Å²) in [5, 5.41) is 16.3. The van der Waals surface area contributed by atoms with Crippen molar-refractivity contribution in [2.75, 3.05) is 5.33 Å². The van der Waals surface area contributed by atoms with E-state index < -0.39 is 12.1 Å². The molecule has 4 heteroatoms. The lowest BCUT2D eigenvalue weighted by Gasteiger charge is -1.94. The van der Waals surface area contributed by atoms with Gasteiger partial charge in [0, 0.05) is 5.33 Å². The smallest absolute Gasteiger partial charge is 0.333 e. The van der Waals surface area contributed by atoms with E-state index in [2.05, 4.69) is 15.9 Å². The fourth-order valence-electron chi connectivity index (χ4n) is 0.0660. The zero-order chi connectivity index (χ0) is 5.86. The Bertz CT molecular complexity index is 72.6. The molecule has 0 bridgehead atoms. The van der Waals surface area contributed by atoms with Gasteiger partial charge in [0.15, 0.2) is 6.10 Å². The molecule has 0 heterocycles. The SMILES string of the molecule is O=C(O)[C@@H](O)CBr. The van der Waals surface area contributed by atoms with E-state index >= 15 is 0 Å². The number of carboxylic acids is 1. The molecule has 0 fully saturated rings. The topological polar surface area (TPSA) is 57.5 Å². The molecule has 3 nitrogen and oxygen atoms in total. The fourth-order valence-corrected chi connectivity index (χ4v) is 0.343. The summed E-state index contributed by atoms with van der Waals surface area (Å²) in [7, 11) is 0. The Balaban J connectivity index is 3.34. The summed E-state index contributed by atoms with van der Waals surface area (Å²) in [6.45, 7) is 0. The van der Waals surface area contributed by atoms with Crippen molar-refractivity contribution in [1.82, 2.24) is 0 Å². The van der Waals surface area contributed by atoms with Gasteiger partial charge in [0.25, 0.3) is 0 Å². The van der Waals surface area contributed by atoms with E-state index in [-0.39, 0.29) is 5.33 Å². The van der Waals surface area contributed by atoms with Crippen LogP contribution in [0.25, 0.3) is 0 Å². The van der Waals surface area contributed by atoms with Gasteiger partial charge in [-0.1, -0.05) is 15.9 Å². The van der Waals surface area contributed by atoms with Gasteiger partial charge in [-0.05, 0) is 0 Å². The first kappa shape index (κ1) is 6.91. The van der Waals surface area contributed by atoms with E-state index in [4.69, 9.17) is 10.2 Å². The highest BCUT2D eigenvalue weighted by molar-refractivity contribution is 9.09. The summed E-state index contributed by atoms with van der Waals surface area (Å²) < 4.78 is 0. The van der Waals surface area contributed by atoms with Crippen molar-refractivity contribution in [1.29, 1.82) is 0 Å². The molecule has 0 aromatic carbocycles. The largest absolute Gasteiger partial charge is 0.479 e. The summed E-state index contributed by atoms with van der Waals surface area (Å²) in [6.07, 6.45) is -1.26. The molecule has 0 aliphatic heterocycles. The predicted molar refractivity (Wildman–Crippen MR) is 27.4 cm³/mol. The van der Waals surface area contributed by atoms with Crippen LogP contribution in [0.2, 0.25) is 0 Å². The summed E-state index contributed by atoms with van der Waals surface area (Å²) in [6, 6.07) is 0. The molecule has 2 N–H and O–H groups in total. The molecule has 0 aromatic heterocycles. The lowest BCUT2D eigenvalue weighted by Crippen LogP contribution is -2.20. The maximum atomic E-state index is 9.65. The Morgan fingerprint density at radius 2 is 2.29 bits per heavy atom. The average Bonchev–Trinajstić information content (AvgIpc) is 1.65. The highest BCUT2D eigenvalue weighted by atomic mass is 79.9. The lowest BCUT2D eigenvalue weighted by molar-refractivity contribution is -0.145. The van der Waals surface area contributed by atoms with Gasteiger partial charge in [0.05, 0.1) is 0 Å². The molecule has 0 radical (unpaired) electrons. The van der Waals surface area contributed by atoms with Gasteiger partial charge in [0.1, 0.15) is 0 Å². The minimum Gasteiger partial charge on any atom is -0.479 e. The first-order valence-electron chi connectivity index (χ1n) is 1.65. The van der Waals surface area contributed by atoms with Crippen LogP contribution in [0.4, 0.5) is 0 Å². The Hall–Kier alpha value is -0.0900. The predicted octanol–water partition coefficient (Wildman–Crippen LogP) is -0.173. The Labute approximate surface area is 49.1 Å². The third-order valence-electron chi connectivity index (χ3n) is 0.431. The van der Waals surface area contributed by atoms with E-state index in [1.165, 1.54) is 0 Å². The quantitative estimate of drug-likeness (QED) is 0.564. The normalized spacial score (nSPS) is 13.4. The second kappa shape index (κ2) is 2.98. The minimum atomic E-state index is -1.26. The summed E-state index contributed by atoms with van der Waals surface area (Å²) in [5.41, 5.74) is 0. The second-order valence-corrected chi connectivity index (χ2v) is 1.66. The van der Waals surface area contributed by atoms with Crippen molar-refractivity contribution in [2.24, 2.45) is 0 Å². The maximum absolute atomic E-state index is 9.65. The molecule has 1 atom stereocenters. The van der Waals surface area contributed by atoms with Gasteiger partial charge in [0.2, 0.25) is 0 Å². The molecule has 0 amide bonds. The summed E-state index contributed by atoms with van der Waals surface area (Å²) in [5.74, 6) is -1.20. The number of carbonyl (C=O) groups is 1. The van der Waals surface area contributed by atoms with Crippen molar-refractivity contribution in [3.63, 3.8) is 0 Å². The van der Waals surface area contributed by atoms with Gasteiger partial charge in [-0.15, -0.1) is 0 Å². The van der Waals surface area contributed by atoms with E-state index in [1.54, 1.807) is 0 Å². The molecule has 0 aliphatic rings. The van der Waals surface area contributed by atoms with Crippen LogP contribution >= 0.6 is 15.9 Å². The molecule has 0 aliphatic carbocycles. The van der Waals surface area contributed by atoms with Crippen molar-refractivity contribution in [2.45, 2.75) is 6.10 Å². The monoisotopic (exact) mass is 168 g/mol. The van der Waals surface area contributed by atoms with Gasteiger partial charge in [-0.25, -0.2) is 4.79 Å². The first-order chi connectivity index (χ1) is 3.18. The first-order valence-corrected chi connectivity index (χ1v) is 2.77. The van der Waals surface area contributed by atoms with Crippen molar-refractivity contribution >= 4 is 21.9 Å². The van der Waals surface area contributed by atoms with Gasteiger partial charge >= 0.3 is 5.97 Å². The third-order valence-corrected chi connectivity index (χ3v) is 1.04. The molecule has 0 spiro atoms. The van der Waals surface area contributed by atoms with Crippen molar-refractivity contribution in [3.05, 3.63) is 0 Å². The summed E-state index contributed by atoms with van der Waals surface area (Å²) >= 11 is 2.78. The van der Waals surface area contributed by atoms with Crippen LogP contribution in [0.1, 0.15) is 0 Å². The van der Waals surface area contributed by atoms with Crippen LogP contribution in [-0.2, 0) is 4.79 Å². The van der Waals surface area contributed by atoms with Crippen molar-refractivity contribution < 1.29 is 15.0 Å². The number of alkyl halides is 1. The Morgan fingerprint density at radius 1 is 1.86 bits per heavy atom. The average molecular weight is 169 g/mol. The molecule has 0 saturated carbocycles. The maximum Gasteiger partial charge on any atom is 0.333 e. The van der Waals surface area contributed by atoms with Crippen LogP contribution < -0.4 is 0 Å². The molecule has 42 valence electrons. The van der Waals surface area contributed by atoms with Crippen molar-refractivity contribution in [3.8, 4) is 0 Å². The number of aliphatic hydroxyl groups excluding tert-OH is 1. The standard InChI is InChI=1S/C3H5BrO3/c4-1-2(5)3(6)7/h2,5H,1H2,(H,6,7)/t2-/m0/s1. The van der Waals surface area contributed by atoms with E-state index in [1.807, 2.05) is 0 Å². The number of aliphatic hydroxyl groups is 1. The number of halogens is 1. The van der Waals surface area contributed by atoms with Crippen LogP contribution in [0, 0.1) is 0 Å². The second-order valence-electron chi connectivity index (χ2n) is 1.01. The number of hydrogen-bond donors (Lipinski definition) is 2. The number of carboxylic acid groups (broad SMARTS) is 1. The van der Waals surface area contributed by atoms with Gasteiger partial charge in [-0.2, -0.15) is 0 Å². The minimum absolute atomic E-state index is 0.0856. The molecular weight excluding hydrogens is 164 g/mol. The van der Waals surface area contributed by atoms with E-state index in [0.29, 0.717) is 0 Å². The highest BCUT2D eigenvalue weighted by Crippen LogP contribution is 1.87. The molecule has 0 unspecified atom stereocenters. The van der Waals surface area contributed by atoms with Crippen LogP contribution in [0.3, 0.4) is 0 Å². The van der Waals surface area contributed by atoms with Gasteiger partial charge < -0.3 is 10.2 Å². The molecule has 0 saturated heterocycles. The van der Waals surface area contributed by atoms with Crippen LogP contribution in [0.15, 0.2) is 0 Å². The van der Waals surface area contributed by atoms with E-state index in [9.17, 15) is 4.79 Å². The van der Waals surface area contributed by atoms with Crippen LogP contribution in [-0.4, -0.2) is 27.6 Å². The molecule has 0 rings (SSSR count). The molecular formula is C3H5BrO3. The lowest BCUT2D eigenvalue weighted by atomic mass is 10.4. The zero-order valence-electron chi connectivity index (χ0n) is 3.47. The number of hydrogen-bond acceptors (Lipinski definition) is 2. The van der Waals surface area contributed by atoms with Crippen LogP contribution in [0.5, 0.6) is 0 Å². The molecule has 0 aromatic rings. The number of rotatable bonds is 2. The Morgan fingerprint density at radius 3 is 2.29 bits per heavy atom.